The molecule has 2 aromatic carbocycles. The van der Waals surface area contributed by atoms with E-state index in [1.54, 1.807) is 0 Å². The summed E-state index contributed by atoms with van der Waals surface area (Å²) >= 11 is 0. The normalized spacial score (nSPS) is 10.8. The van der Waals surface area contributed by atoms with Crippen LogP contribution >= 0.6 is 0 Å². The highest BCUT2D eigenvalue weighted by Crippen LogP contribution is 2.29. The van der Waals surface area contributed by atoms with Crippen molar-refractivity contribution >= 4 is 17.2 Å². The number of anilines is 1. The lowest BCUT2D eigenvalue weighted by atomic mass is 10.2. The van der Waals surface area contributed by atoms with Crippen LogP contribution in [0.4, 0.5) is 5.69 Å². The molecular weight excluding hydrogens is 350 g/mol. The Morgan fingerprint density at radius 3 is 2.57 bits per heavy atom. The van der Waals surface area contributed by atoms with E-state index in [0.29, 0.717) is 22.9 Å². The molecule has 0 saturated heterocycles. The number of carbonyl (C=O) groups is 1. The molecule has 4 rings (SSSR count). The summed E-state index contributed by atoms with van der Waals surface area (Å²) in [5.41, 5.74) is 2.74. The number of amides is 1. The van der Waals surface area contributed by atoms with Gasteiger partial charge in [-0.05, 0) is 42.8 Å². The van der Waals surface area contributed by atoms with Crippen molar-refractivity contribution in [3.8, 4) is 11.5 Å². The molecule has 0 fully saturated rings. The first-order valence-electron chi connectivity index (χ1n) is 9.35. The standard InChI is InChI=1S/C23H21N3O2/c1-2-10-19-22(26-16-9-8-15-21(26)24-19)23(27)25-18-13-6-7-14-20(18)28-17-11-4-3-5-12-17/h3-9,11-16H,2,10H2,1H3,(H,25,27). The maximum absolute atomic E-state index is 13.2. The fourth-order valence-electron chi connectivity index (χ4n) is 3.15. The van der Waals surface area contributed by atoms with E-state index >= 15 is 0 Å². The summed E-state index contributed by atoms with van der Waals surface area (Å²) in [6, 6.07) is 22.6. The molecule has 0 radical (unpaired) electrons. The zero-order valence-corrected chi connectivity index (χ0v) is 15.6. The number of para-hydroxylation sites is 3. The van der Waals surface area contributed by atoms with Crippen LogP contribution in [0.1, 0.15) is 29.5 Å². The van der Waals surface area contributed by atoms with E-state index in [0.717, 1.165) is 24.2 Å². The van der Waals surface area contributed by atoms with Gasteiger partial charge in [0.25, 0.3) is 5.91 Å². The van der Waals surface area contributed by atoms with E-state index in [1.807, 2.05) is 83.4 Å². The number of hydrogen-bond donors (Lipinski definition) is 1. The van der Waals surface area contributed by atoms with Gasteiger partial charge < -0.3 is 10.1 Å². The topological polar surface area (TPSA) is 55.6 Å². The molecule has 0 spiro atoms. The number of benzene rings is 2. The highest BCUT2D eigenvalue weighted by Gasteiger charge is 2.20. The first-order valence-corrected chi connectivity index (χ1v) is 9.35. The van der Waals surface area contributed by atoms with Crippen molar-refractivity contribution in [2.24, 2.45) is 0 Å². The minimum Gasteiger partial charge on any atom is -0.455 e. The highest BCUT2D eigenvalue weighted by atomic mass is 16.5. The molecule has 0 bridgehead atoms. The van der Waals surface area contributed by atoms with Crippen LogP contribution in [0.25, 0.3) is 5.65 Å². The average molecular weight is 371 g/mol. The van der Waals surface area contributed by atoms with Crippen molar-refractivity contribution in [2.45, 2.75) is 19.8 Å². The number of hydrogen-bond acceptors (Lipinski definition) is 3. The van der Waals surface area contributed by atoms with Crippen molar-refractivity contribution in [1.29, 1.82) is 0 Å². The average Bonchev–Trinajstić information content (AvgIpc) is 3.08. The van der Waals surface area contributed by atoms with E-state index in [2.05, 4.69) is 17.2 Å². The third-order valence-corrected chi connectivity index (χ3v) is 4.41. The molecule has 140 valence electrons. The zero-order valence-electron chi connectivity index (χ0n) is 15.6. The van der Waals surface area contributed by atoms with Crippen LogP contribution in [0.3, 0.4) is 0 Å². The van der Waals surface area contributed by atoms with Gasteiger partial charge in [0.1, 0.15) is 17.1 Å². The SMILES string of the molecule is CCCc1nc2ccccn2c1C(=O)Nc1ccccc1Oc1ccccc1. The summed E-state index contributed by atoms with van der Waals surface area (Å²) in [6.07, 6.45) is 3.52. The molecule has 0 atom stereocenters. The van der Waals surface area contributed by atoms with Crippen LogP contribution in [0.5, 0.6) is 11.5 Å². The van der Waals surface area contributed by atoms with E-state index in [-0.39, 0.29) is 5.91 Å². The van der Waals surface area contributed by atoms with Gasteiger partial charge in [0.05, 0.1) is 11.4 Å². The molecule has 1 amide bonds. The Hall–Kier alpha value is -3.60. The lowest BCUT2D eigenvalue weighted by Gasteiger charge is -2.12. The van der Waals surface area contributed by atoms with E-state index in [9.17, 15) is 4.79 Å². The van der Waals surface area contributed by atoms with Crippen LogP contribution in [-0.2, 0) is 6.42 Å². The molecule has 1 N–H and O–H groups in total. The van der Waals surface area contributed by atoms with Crippen LogP contribution in [0, 0.1) is 0 Å². The van der Waals surface area contributed by atoms with Gasteiger partial charge in [-0.25, -0.2) is 4.98 Å². The fraction of sp³-hybridized carbons (Fsp3) is 0.130. The fourth-order valence-corrected chi connectivity index (χ4v) is 3.15. The summed E-state index contributed by atoms with van der Waals surface area (Å²) in [5, 5.41) is 3.00. The number of rotatable bonds is 6. The van der Waals surface area contributed by atoms with E-state index < -0.39 is 0 Å². The Bertz CT molecular complexity index is 1100. The number of imidazole rings is 1. The first kappa shape index (κ1) is 17.8. The molecule has 0 saturated carbocycles. The summed E-state index contributed by atoms with van der Waals surface area (Å²) in [7, 11) is 0. The second-order valence-corrected chi connectivity index (χ2v) is 6.45. The molecule has 2 aromatic heterocycles. The van der Waals surface area contributed by atoms with Gasteiger partial charge in [-0.2, -0.15) is 0 Å². The third kappa shape index (κ3) is 3.60. The summed E-state index contributed by atoms with van der Waals surface area (Å²) < 4.78 is 7.79. The van der Waals surface area contributed by atoms with Gasteiger partial charge in [0, 0.05) is 6.20 Å². The van der Waals surface area contributed by atoms with Gasteiger partial charge in [0.2, 0.25) is 0 Å². The quantitative estimate of drug-likeness (QED) is 0.498. The summed E-state index contributed by atoms with van der Waals surface area (Å²) in [6.45, 7) is 2.08. The lowest BCUT2D eigenvalue weighted by molar-refractivity contribution is 0.102. The largest absolute Gasteiger partial charge is 0.455 e. The monoisotopic (exact) mass is 371 g/mol. The Morgan fingerprint density at radius 1 is 1.00 bits per heavy atom. The summed E-state index contributed by atoms with van der Waals surface area (Å²) in [5.74, 6) is 1.10. The maximum Gasteiger partial charge on any atom is 0.274 e. The molecule has 0 aliphatic carbocycles. The van der Waals surface area contributed by atoms with Gasteiger partial charge >= 0.3 is 0 Å². The Balaban J connectivity index is 1.66. The maximum atomic E-state index is 13.2. The van der Waals surface area contributed by atoms with Crippen molar-refractivity contribution in [3.63, 3.8) is 0 Å². The van der Waals surface area contributed by atoms with Gasteiger partial charge in [-0.1, -0.05) is 49.7 Å². The summed E-state index contributed by atoms with van der Waals surface area (Å²) in [4.78, 5) is 17.8. The number of fused-ring (bicyclic) bond motifs is 1. The molecule has 5 heteroatoms. The minimum atomic E-state index is -0.203. The van der Waals surface area contributed by atoms with Crippen molar-refractivity contribution in [2.75, 3.05) is 5.32 Å². The predicted molar refractivity (Wildman–Crippen MR) is 110 cm³/mol. The predicted octanol–water partition coefficient (Wildman–Crippen LogP) is 5.33. The molecule has 2 heterocycles. The molecule has 4 aromatic rings. The smallest absolute Gasteiger partial charge is 0.274 e. The Labute approximate surface area is 163 Å². The Morgan fingerprint density at radius 2 is 1.75 bits per heavy atom. The van der Waals surface area contributed by atoms with Crippen molar-refractivity contribution in [1.82, 2.24) is 9.38 Å². The second-order valence-electron chi connectivity index (χ2n) is 6.45. The minimum absolute atomic E-state index is 0.203. The lowest BCUT2D eigenvalue weighted by Crippen LogP contribution is -2.16. The van der Waals surface area contributed by atoms with Crippen molar-refractivity contribution < 1.29 is 9.53 Å². The number of nitrogens with one attached hydrogen (secondary N) is 1. The van der Waals surface area contributed by atoms with Gasteiger partial charge in [0.15, 0.2) is 5.75 Å². The van der Waals surface area contributed by atoms with Gasteiger partial charge in [-0.3, -0.25) is 9.20 Å². The zero-order chi connectivity index (χ0) is 19.3. The van der Waals surface area contributed by atoms with Crippen LogP contribution in [0.2, 0.25) is 0 Å². The van der Waals surface area contributed by atoms with Crippen LogP contribution < -0.4 is 10.1 Å². The number of aromatic nitrogens is 2. The molecule has 0 unspecified atom stereocenters. The molecule has 0 aliphatic heterocycles. The van der Waals surface area contributed by atoms with E-state index in [4.69, 9.17) is 4.74 Å². The number of carbonyl (C=O) groups excluding carboxylic acids is 1. The van der Waals surface area contributed by atoms with Gasteiger partial charge in [-0.15, -0.1) is 0 Å². The molecule has 5 nitrogen and oxygen atoms in total. The number of nitrogens with zero attached hydrogens (tertiary/aromatic N) is 2. The van der Waals surface area contributed by atoms with Crippen LogP contribution in [0.15, 0.2) is 79.0 Å². The molecule has 28 heavy (non-hydrogen) atoms. The van der Waals surface area contributed by atoms with Crippen LogP contribution in [-0.4, -0.2) is 15.3 Å². The third-order valence-electron chi connectivity index (χ3n) is 4.41. The number of pyridine rings is 1. The Kier molecular flexibility index (Phi) is 5.06. The van der Waals surface area contributed by atoms with Crippen molar-refractivity contribution in [3.05, 3.63) is 90.4 Å². The number of ether oxygens (including phenoxy) is 1. The second kappa shape index (κ2) is 7.96. The molecule has 0 aliphatic rings. The number of aryl methyl sites for hydroxylation is 1. The highest BCUT2D eigenvalue weighted by molar-refractivity contribution is 6.05. The first-order chi connectivity index (χ1) is 13.8. The molecular formula is C23H21N3O2. The van der Waals surface area contributed by atoms with E-state index in [1.165, 1.54) is 0 Å².